The summed E-state index contributed by atoms with van der Waals surface area (Å²) in [6, 6.07) is 4.16. The molecule has 2 aliphatic rings. The van der Waals surface area contributed by atoms with Gasteiger partial charge in [0, 0.05) is 35.7 Å². The molecule has 184 valence electrons. The first kappa shape index (κ1) is 24.4. The van der Waals surface area contributed by atoms with E-state index in [1.54, 1.807) is 17.0 Å². The minimum Gasteiger partial charge on any atom is -0.434 e. The monoisotopic (exact) mass is 504 g/mol. The van der Waals surface area contributed by atoms with Gasteiger partial charge in [-0.05, 0) is 49.7 Å². The number of amidine groups is 1. The molecule has 0 spiro atoms. The molecule has 1 atom stereocenters. The highest BCUT2D eigenvalue weighted by atomic mass is 35.5. The first-order valence-corrected chi connectivity index (χ1v) is 11.1. The maximum absolute atomic E-state index is 13.2. The smallest absolute Gasteiger partial charge is 0.387 e. The summed E-state index contributed by atoms with van der Waals surface area (Å²) in [6.07, 6.45) is 7.14. The van der Waals surface area contributed by atoms with E-state index in [0.29, 0.717) is 12.5 Å². The molecule has 1 fully saturated rings. The number of anilines is 1. The molecule has 0 bridgehead atoms. The number of hydrogen-bond donors (Lipinski definition) is 5. The van der Waals surface area contributed by atoms with Crippen LogP contribution in [0.15, 0.2) is 53.1 Å². The van der Waals surface area contributed by atoms with E-state index < -0.39 is 18.4 Å². The van der Waals surface area contributed by atoms with Crippen molar-refractivity contribution in [3.05, 3.63) is 53.1 Å². The van der Waals surface area contributed by atoms with E-state index >= 15 is 0 Å². The van der Waals surface area contributed by atoms with Crippen LogP contribution in [0.5, 0.6) is 5.75 Å². The van der Waals surface area contributed by atoms with Gasteiger partial charge in [-0.2, -0.15) is 13.9 Å². The second-order valence-corrected chi connectivity index (χ2v) is 8.30. The highest BCUT2D eigenvalue weighted by Gasteiger charge is 2.25. The number of carbonyl (C=O) groups excluding carboxylic acids is 1. The van der Waals surface area contributed by atoms with Crippen molar-refractivity contribution in [1.82, 2.24) is 20.4 Å². The fourth-order valence-electron chi connectivity index (χ4n) is 3.83. The first-order valence-electron chi connectivity index (χ1n) is 10.7. The van der Waals surface area contributed by atoms with Crippen LogP contribution >= 0.6 is 11.6 Å². The maximum Gasteiger partial charge on any atom is 0.387 e. The predicted molar refractivity (Wildman–Crippen MR) is 129 cm³/mol. The van der Waals surface area contributed by atoms with Crippen LogP contribution in [-0.2, 0) is 11.3 Å². The number of aliphatic imine (C=N–C) groups is 1. The lowest BCUT2D eigenvalue weighted by molar-refractivity contribution is -0.112. The van der Waals surface area contributed by atoms with Crippen molar-refractivity contribution in [2.75, 3.05) is 18.4 Å². The van der Waals surface area contributed by atoms with Crippen molar-refractivity contribution in [3.8, 4) is 17.0 Å². The molecule has 0 radical (unpaired) electrons. The van der Waals surface area contributed by atoms with Gasteiger partial charge >= 0.3 is 6.61 Å². The molecule has 35 heavy (non-hydrogen) atoms. The van der Waals surface area contributed by atoms with E-state index in [1.165, 1.54) is 30.6 Å². The second-order valence-electron chi connectivity index (χ2n) is 7.86. The number of halogens is 3. The number of aromatic nitrogens is 2. The van der Waals surface area contributed by atoms with E-state index in [-0.39, 0.29) is 39.1 Å². The molecule has 1 saturated heterocycles. The Morgan fingerprint density at radius 1 is 1.43 bits per heavy atom. The summed E-state index contributed by atoms with van der Waals surface area (Å²) in [5.74, 6) is -0.985. The van der Waals surface area contributed by atoms with E-state index in [1.807, 2.05) is 0 Å². The second kappa shape index (κ2) is 10.7. The molecule has 3 heterocycles. The molecule has 0 unspecified atom stereocenters. The molecule has 1 aromatic carbocycles. The SMILES string of the molecule is N=C(N)/C(C(=O)Nc1cn(C[C@H]2CCNC2)nc1-c1cc(Cl)ccc1OC(F)F)=C1/N=CC=CN1. The average molecular weight is 505 g/mol. The van der Waals surface area contributed by atoms with Gasteiger partial charge in [-0.25, -0.2) is 4.99 Å². The van der Waals surface area contributed by atoms with Crippen LogP contribution in [0.3, 0.4) is 0 Å². The molecule has 10 nitrogen and oxygen atoms in total. The third kappa shape index (κ3) is 5.84. The van der Waals surface area contributed by atoms with E-state index in [4.69, 9.17) is 22.7 Å². The van der Waals surface area contributed by atoms with Crippen molar-refractivity contribution < 1.29 is 18.3 Å². The number of ether oxygens (including phenoxy) is 1. The number of nitrogens with two attached hydrogens (primary N) is 1. The summed E-state index contributed by atoms with van der Waals surface area (Å²) in [6.45, 7) is -0.831. The average Bonchev–Trinajstić information content (AvgIpc) is 3.45. The fraction of sp³-hybridized carbons (Fsp3) is 0.273. The van der Waals surface area contributed by atoms with Crippen LogP contribution in [0.25, 0.3) is 11.3 Å². The van der Waals surface area contributed by atoms with Gasteiger partial charge in [-0.15, -0.1) is 0 Å². The standard InChI is InChI=1S/C22H23ClF2N8O2/c23-13-2-3-16(35-22(24)25)14(8-13)18-15(11-33(32-18)10-12-4-7-28-9-12)31-21(34)17(19(26)27)20-29-5-1-6-30-20/h1-3,5-6,8,11-12,22,28-29H,4,7,9-10H2,(H3,26,27)(H,31,34)/b20-17-/t12-/m0/s1. The lowest BCUT2D eigenvalue weighted by Gasteiger charge is -2.14. The van der Waals surface area contributed by atoms with Crippen LogP contribution in [0.2, 0.25) is 5.02 Å². The molecule has 6 N–H and O–H groups in total. The Labute approximate surface area is 204 Å². The number of nitrogens with zero attached hydrogens (tertiary/aromatic N) is 3. The van der Waals surface area contributed by atoms with Gasteiger partial charge in [-0.3, -0.25) is 14.9 Å². The van der Waals surface area contributed by atoms with Gasteiger partial charge in [0.05, 0.1) is 5.69 Å². The van der Waals surface area contributed by atoms with Crippen LogP contribution in [0.4, 0.5) is 14.5 Å². The maximum atomic E-state index is 13.2. The van der Waals surface area contributed by atoms with Crippen LogP contribution in [0, 0.1) is 11.3 Å². The predicted octanol–water partition coefficient (Wildman–Crippen LogP) is 2.69. The minimum absolute atomic E-state index is 0.0907. The number of nitrogens with one attached hydrogen (secondary N) is 4. The minimum atomic E-state index is -3.07. The summed E-state index contributed by atoms with van der Waals surface area (Å²) in [5, 5.41) is 21.4. The molecule has 4 rings (SSSR count). The van der Waals surface area contributed by atoms with E-state index in [2.05, 4.69) is 30.8 Å². The number of amides is 1. The highest BCUT2D eigenvalue weighted by Crippen LogP contribution is 2.37. The Morgan fingerprint density at radius 3 is 2.91 bits per heavy atom. The summed E-state index contributed by atoms with van der Waals surface area (Å²) >= 11 is 6.14. The number of alkyl halides is 2. The number of rotatable bonds is 8. The third-order valence-electron chi connectivity index (χ3n) is 5.37. The normalized spacial score (nSPS) is 18.5. The first-order chi connectivity index (χ1) is 16.8. The van der Waals surface area contributed by atoms with Crippen molar-refractivity contribution in [3.63, 3.8) is 0 Å². The van der Waals surface area contributed by atoms with E-state index in [9.17, 15) is 13.6 Å². The van der Waals surface area contributed by atoms with Crippen molar-refractivity contribution in [2.45, 2.75) is 19.6 Å². The fourth-order valence-corrected chi connectivity index (χ4v) is 4.00. The highest BCUT2D eigenvalue weighted by molar-refractivity contribution is 6.31. The quantitative estimate of drug-likeness (QED) is 0.212. The number of carbonyl (C=O) groups is 1. The molecule has 0 saturated carbocycles. The Bertz CT molecular complexity index is 1220. The zero-order valence-electron chi connectivity index (χ0n) is 18.4. The lowest BCUT2D eigenvalue weighted by atomic mass is 10.1. The number of allylic oxidation sites excluding steroid dienone is 1. The third-order valence-corrected chi connectivity index (χ3v) is 5.60. The molecule has 1 aromatic heterocycles. The van der Waals surface area contributed by atoms with Crippen LogP contribution in [-0.4, -0.2) is 47.4 Å². The molecule has 1 amide bonds. The van der Waals surface area contributed by atoms with Crippen LogP contribution < -0.4 is 26.4 Å². The van der Waals surface area contributed by atoms with Crippen molar-refractivity contribution in [2.24, 2.45) is 16.6 Å². The van der Waals surface area contributed by atoms with Gasteiger partial charge in [0.25, 0.3) is 5.91 Å². The summed E-state index contributed by atoms with van der Waals surface area (Å²) in [7, 11) is 0. The Balaban J connectivity index is 1.75. The Hall–Kier alpha value is -3.77. The molecule has 2 aliphatic heterocycles. The summed E-state index contributed by atoms with van der Waals surface area (Å²) in [5.41, 5.74) is 6.02. The molecular weight excluding hydrogens is 482 g/mol. The van der Waals surface area contributed by atoms with Gasteiger partial charge in [0.1, 0.15) is 28.7 Å². The molecule has 0 aliphatic carbocycles. The van der Waals surface area contributed by atoms with Gasteiger partial charge in [0.2, 0.25) is 0 Å². The van der Waals surface area contributed by atoms with Crippen LogP contribution in [0.1, 0.15) is 6.42 Å². The zero-order chi connectivity index (χ0) is 24.9. The topological polar surface area (TPSA) is 142 Å². The molecule has 13 heteroatoms. The van der Waals surface area contributed by atoms with Gasteiger partial charge in [0.15, 0.2) is 0 Å². The Kier molecular flexibility index (Phi) is 7.42. The zero-order valence-corrected chi connectivity index (χ0v) is 19.1. The summed E-state index contributed by atoms with van der Waals surface area (Å²) < 4.78 is 32.5. The lowest BCUT2D eigenvalue weighted by Crippen LogP contribution is -2.29. The molecule has 2 aromatic rings. The number of benzene rings is 1. The number of hydrogen-bond acceptors (Lipinski definition) is 7. The molecular formula is C22H23ClF2N8O2. The van der Waals surface area contributed by atoms with Gasteiger partial charge < -0.3 is 26.4 Å². The summed E-state index contributed by atoms with van der Waals surface area (Å²) in [4.78, 5) is 17.2. The Morgan fingerprint density at radius 2 is 2.26 bits per heavy atom. The van der Waals surface area contributed by atoms with Crippen molar-refractivity contribution >= 4 is 35.2 Å². The largest absolute Gasteiger partial charge is 0.434 e. The van der Waals surface area contributed by atoms with E-state index in [0.717, 1.165) is 19.5 Å². The van der Waals surface area contributed by atoms with Crippen molar-refractivity contribution in [1.29, 1.82) is 5.41 Å². The van der Waals surface area contributed by atoms with Gasteiger partial charge in [-0.1, -0.05) is 11.6 Å².